The normalized spacial score (nSPS) is 24.3. The number of aliphatic hydroxyl groups excluding tert-OH is 1. The second kappa shape index (κ2) is 7.91. The topological polar surface area (TPSA) is 76.8 Å². The van der Waals surface area contributed by atoms with Gasteiger partial charge >= 0.3 is 0 Å². The number of hydrogen-bond acceptors (Lipinski definition) is 5. The fourth-order valence-electron chi connectivity index (χ4n) is 3.34. The van der Waals surface area contributed by atoms with Gasteiger partial charge in [-0.2, -0.15) is 5.26 Å². The molecule has 2 heterocycles. The molecule has 2 rings (SSSR count). The molecule has 0 aromatic heterocycles. The van der Waals surface area contributed by atoms with Gasteiger partial charge < -0.3 is 14.7 Å². The molecule has 23 heavy (non-hydrogen) atoms. The molecule has 1 amide bonds. The van der Waals surface area contributed by atoms with Crippen LogP contribution in [0.2, 0.25) is 0 Å². The molecule has 6 heteroatoms. The van der Waals surface area contributed by atoms with Crippen molar-refractivity contribution < 1.29 is 14.6 Å². The maximum absolute atomic E-state index is 12.7. The molecule has 2 saturated heterocycles. The van der Waals surface area contributed by atoms with Gasteiger partial charge in [0.2, 0.25) is 0 Å². The summed E-state index contributed by atoms with van der Waals surface area (Å²) in [4.78, 5) is 16.6. The molecule has 2 aliphatic heterocycles. The zero-order valence-electron chi connectivity index (χ0n) is 14.1. The van der Waals surface area contributed by atoms with E-state index in [0.717, 1.165) is 32.4 Å². The van der Waals surface area contributed by atoms with Crippen LogP contribution in [-0.2, 0) is 9.53 Å². The van der Waals surface area contributed by atoms with E-state index in [1.165, 1.54) is 0 Å². The molecule has 0 aromatic carbocycles. The Bertz CT molecular complexity index is 490. The molecule has 0 spiro atoms. The van der Waals surface area contributed by atoms with Gasteiger partial charge in [-0.25, -0.2) is 0 Å². The van der Waals surface area contributed by atoms with Gasteiger partial charge in [0, 0.05) is 25.2 Å². The number of carbonyl (C=O) groups excluding carboxylic acids is 1. The molecular formula is C17H27N3O3. The zero-order valence-corrected chi connectivity index (χ0v) is 14.1. The Balaban J connectivity index is 2.16. The van der Waals surface area contributed by atoms with Crippen molar-refractivity contribution in [2.45, 2.75) is 44.7 Å². The average Bonchev–Trinajstić information content (AvgIpc) is 2.59. The molecule has 0 bridgehead atoms. The van der Waals surface area contributed by atoms with Crippen molar-refractivity contribution in [1.82, 2.24) is 9.80 Å². The van der Waals surface area contributed by atoms with E-state index >= 15 is 0 Å². The van der Waals surface area contributed by atoms with Crippen molar-refractivity contribution in [1.29, 1.82) is 5.26 Å². The van der Waals surface area contributed by atoms with Crippen LogP contribution in [0.4, 0.5) is 0 Å². The van der Waals surface area contributed by atoms with Gasteiger partial charge in [0.25, 0.3) is 5.91 Å². The van der Waals surface area contributed by atoms with E-state index in [2.05, 4.69) is 11.0 Å². The number of hydrogen-bond donors (Lipinski definition) is 1. The highest BCUT2D eigenvalue weighted by Crippen LogP contribution is 2.23. The van der Waals surface area contributed by atoms with Crippen LogP contribution in [0.15, 0.2) is 11.6 Å². The minimum absolute atomic E-state index is 0.0443. The number of ether oxygens (including phenoxy) is 1. The zero-order chi connectivity index (χ0) is 16.9. The van der Waals surface area contributed by atoms with Gasteiger partial charge in [0.1, 0.15) is 11.6 Å². The lowest BCUT2D eigenvalue weighted by molar-refractivity contribution is -0.131. The number of morpholine rings is 1. The molecule has 0 aromatic rings. The molecule has 6 nitrogen and oxygen atoms in total. The molecule has 128 valence electrons. The van der Waals surface area contributed by atoms with Crippen LogP contribution in [0.1, 0.15) is 33.1 Å². The van der Waals surface area contributed by atoms with Crippen LogP contribution in [0.5, 0.6) is 0 Å². The molecular weight excluding hydrogens is 294 g/mol. The Morgan fingerprint density at radius 3 is 2.65 bits per heavy atom. The largest absolute Gasteiger partial charge is 0.394 e. The fourth-order valence-corrected chi connectivity index (χ4v) is 3.34. The lowest BCUT2D eigenvalue weighted by Crippen LogP contribution is -2.50. The average molecular weight is 321 g/mol. The van der Waals surface area contributed by atoms with Crippen LogP contribution < -0.4 is 0 Å². The highest BCUT2D eigenvalue weighted by Gasteiger charge is 2.32. The van der Waals surface area contributed by atoms with E-state index in [0.29, 0.717) is 19.8 Å². The van der Waals surface area contributed by atoms with Gasteiger partial charge in [0.05, 0.1) is 25.9 Å². The quantitative estimate of drug-likeness (QED) is 0.615. The first-order chi connectivity index (χ1) is 11.0. The summed E-state index contributed by atoms with van der Waals surface area (Å²) in [5.41, 5.74) is -0.212. The third-order valence-corrected chi connectivity index (χ3v) is 4.77. The summed E-state index contributed by atoms with van der Waals surface area (Å²) < 4.78 is 5.37. The van der Waals surface area contributed by atoms with Crippen molar-refractivity contribution >= 4 is 5.91 Å². The number of amides is 1. The third kappa shape index (κ3) is 4.31. The third-order valence-electron chi connectivity index (χ3n) is 4.77. The predicted molar refractivity (Wildman–Crippen MR) is 86.6 cm³/mol. The molecule has 1 N–H and O–H groups in total. The predicted octanol–water partition coefficient (Wildman–Crippen LogP) is 0.921. The molecule has 1 unspecified atom stereocenters. The summed E-state index contributed by atoms with van der Waals surface area (Å²) >= 11 is 0. The van der Waals surface area contributed by atoms with Crippen LogP contribution in [0.3, 0.4) is 0 Å². The van der Waals surface area contributed by atoms with Crippen LogP contribution in [-0.4, -0.2) is 71.8 Å². The lowest BCUT2D eigenvalue weighted by atomic mass is 9.96. The summed E-state index contributed by atoms with van der Waals surface area (Å²) in [7, 11) is 0. The van der Waals surface area contributed by atoms with Crippen molar-refractivity contribution in [2.24, 2.45) is 0 Å². The van der Waals surface area contributed by atoms with Crippen molar-refractivity contribution in [3.63, 3.8) is 0 Å². The van der Waals surface area contributed by atoms with Gasteiger partial charge in [-0.3, -0.25) is 9.69 Å². The van der Waals surface area contributed by atoms with Crippen molar-refractivity contribution in [3.05, 3.63) is 11.6 Å². The summed E-state index contributed by atoms with van der Waals surface area (Å²) in [5.74, 6) is -0.257. The first-order valence-corrected chi connectivity index (χ1v) is 8.37. The second-order valence-electron chi connectivity index (χ2n) is 6.75. The Morgan fingerprint density at radius 2 is 2.04 bits per heavy atom. The first kappa shape index (κ1) is 17.9. The van der Waals surface area contributed by atoms with E-state index in [9.17, 15) is 15.2 Å². The molecule has 1 atom stereocenters. The molecule has 0 aliphatic carbocycles. The highest BCUT2D eigenvalue weighted by atomic mass is 16.5. The lowest BCUT2D eigenvalue weighted by Gasteiger charge is -2.39. The van der Waals surface area contributed by atoms with Crippen molar-refractivity contribution in [3.8, 4) is 6.07 Å². The van der Waals surface area contributed by atoms with Crippen molar-refractivity contribution in [2.75, 3.05) is 39.5 Å². The fraction of sp³-hybridized carbons (Fsp3) is 0.765. The Morgan fingerprint density at radius 1 is 1.35 bits per heavy atom. The van der Waals surface area contributed by atoms with Gasteiger partial charge in [0.15, 0.2) is 0 Å². The highest BCUT2D eigenvalue weighted by molar-refractivity contribution is 5.97. The maximum Gasteiger partial charge on any atom is 0.264 e. The number of carbonyl (C=O) groups is 1. The number of piperidine rings is 1. The second-order valence-corrected chi connectivity index (χ2v) is 6.75. The molecule has 2 fully saturated rings. The number of rotatable bonds is 4. The van der Waals surface area contributed by atoms with E-state index in [4.69, 9.17) is 4.74 Å². The minimum Gasteiger partial charge on any atom is -0.394 e. The smallest absolute Gasteiger partial charge is 0.264 e. The van der Waals surface area contributed by atoms with Gasteiger partial charge in [-0.05, 0) is 39.2 Å². The van der Waals surface area contributed by atoms with Gasteiger partial charge in [-0.15, -0.1) is 0 Å². The van der Waals surface area contributed by atoms with Crippen LogP contribution in [0, 0.1) is 11.3 Å². The summed E-state index contributed by atoms with van der Waals surface area (Å²) in [6.07, 6.45) is 4.51. The van der Waals surface area contributed by atoms with E-state index < -0.39 is 0 Å². The number of nitrogens with zero attached hydrogens (tertiary/aromatic N) is 3. The Labute approximate surface area is 138 Å². The molecule has 0 saturated carbocycles. The number of likely N-dealkylation sites (tertiary alicyclic amines) is 1. The maximum atomic E-state index is 12.7. The van der Waals surface area contributed by atoms with E-state index in [1.54, 1.807) is 11.0 Å². The van der Waals surface area contributed by atoms with Crippen LogP contribution >= 0.6 is 0 Å². The summed E-state index contributed by atoms with van der Waals surface area (Å²) in [5, 5.41) is 19.0. The van der Waals surface area contributed by atoms with Crippen LogP contribution in [0.25, 0.3) is 0 Å². The minimum atomic E-state index is -0.380. The Hall–Kier alpha value is -1.42. The molecule has 0 radical (unpaired) electrons. The number of aliphatic hydroxyl groups is 1. The van der Waals surface area contributed by atoms with Gasteiger partial charge in [-0.1, -0.05) is 0 Å². The summed E-state index contributed by atoms with van der Waals surface area (Å²) in [6, 6.07) is 1.90. The standard InChI is InChI=1S/C17H27N3O3/c1-17(2,19-7-9-23-10-8-19)11-14(12-18)16(22)20-6-4-3-5-15(20)13-21/h11,15,21H,3-10,13H2,1-2H3. The number of nitriles is 1. The monoisotopic (exact) mass is 321 g/mol. The summed E-state index contributed by atoms with van der Waals surface area (Å²) in [6.45, 7) is 7.53. The SMILES string of the molecule is CC(C)(C=C(C#N)C(=O)N1CCCCC1CO)N1CCOCC1. The Kier molecular flexibility index (Phi) is 6.17. The first-order valence-electron chi connectivity index (χ1n) is 8.37. The molecule has 2 aliphatic rings. The van der Waals surface area contributed by atoms with E-state index in [-0.39, 0.29) is 29.7 Å². The van der Waals surface area contributed by atoms with E-state index in [1.807, 2.05) is 13.8 Å².